The molecule has 2 aromatic carbocycles. The number of benzene rings is 2. The molecule has 0 radical (unpaired) electrons. The summed E-state index contributed by atoms with van der Waals surface area (Å²) in [5, 5.41) is 9.90. The maximum Gasteiger partial charge on any atom is 0.261 e. The molecule has 1 aliphatic heterocycles. The van der Waals surface area contributed by atoms with Crippen LogP contribution in [0.4, 0.5) is 5.69 Å². The first-order chi connectivity index (χ1) is 18.6. The van der Waals surface area contributed by atoms with Crippen molar-refractivity contribution in [3.8, 4) is 5.75 Å². The summed E-state index contributed by atoms with van der Waals surface area (Å²) in [6.45, 7) is 7.20. The van der Waals surface area contributed by atoms with Gasteiger partial charge in [0.25, 0.3) is 15.9 Å². The van der Waals surface area contributed by atoms with Crippen molar-refractivity contribution >= 4 is 21.6 Å². The van der Waals surface area contributed by atoms with Crippen molar-refractivity contribution in [1.82, 2.24) is 14.8 Å². The molecule has 0 bridgehead atoms. The quantitative estimate of drug-likeness (QED) is 0.418. The maximum atomic E-state index is 13.7. The molecule has 0 fully saturated rings. The second-order valence-corrected chi connectivity index (χ2v) is 12.0. The minimum Gasteiger partial charge on any atom is -0.488 e. The van der Waals surface area contributed by atoms with Crippen molar-refractivity contribution in [3.63, 3.8) is 0 Å². The molecular formula is C29H36N4O5S. The molecule has 0 saturated heterocycles. The van der Waals surface area contributed by atoms with Crippen molar-refractivity contribution in [2.24, 2.45) is 5.92 Å². The monoisotopic (exact) mass is 552 g/mol. The molecule has 2 N–H and O–H groups in total. The fourth-order valence-electron chi connectivity index (χ4n) is 4.61. The second kappa shape index (κ2) is 12.1. The van der Waals surface area contributed by atoms with Crippen molar-refractivity contribution in [2.75, 3.05) is 31.5 Å². The van der Waals surface area contributed by atoms with Crippen molar-refractivity contribution in [2.45, 2.75) is 44.4 Å². The summed E-state index contributed by atoms with van der Waals surface area (Å²) < 4.78 is 35.0. The topological polar surface area (TPSA) is 112 Å². The third-order valence-electron chi connectivity index (χ3n) is 6.94. The average Bonchev–Trinajstić information content (AvgIpc) is 2.91. The van der Waals surface area contributed by atoms with E-state index in [1.807, 2.05) is 33.0 Å². The molecule has 208 valence electrons. The number of amides is 1. The highest BCUT2D eigenvalue weighted by atomic mass is 32.2. The van der Waals surface area contributed by atoms with Gasteiger partial charge in [-0.2, -0.15) is 0 Å². The lowest BCUT2D eigenvalue weighted by atomic mass is 9.99. The number of nitrogens with zero attached hydrogens (tertiary/aromatic N) is 3. The molecule has 39 heavy (non-hydrogen) atoms. The Morgan fingerprint density at radius 3 is 2.51 bits per heavy atom. The highest BCUT2D eigenvalue weighted by Gasteiger charge is 2.33. The first-order valence-corrected chi connectivity index (χ1v) is 14.4. The molecule has 0 aliphatic carbocycles. The van der Waals surface area contributed by atoms with Crippen LogP contribution in [0.5, 0.6) is 5.75 Å². The zero-order valence-corrected chi connectivity index (χ0v) is 23.6. The van der Waals surface area contributed by atoms with Crippen molar-refractivity contribution < 1.29 is 23.1 Å². The molecule has 4 rings (SSSR count). The number of nitrogens with one attached hydrogen (secondary N) is 1. The number of sulfonamides is 1. The van der Waals surface area contributed by atoms with Crippen LogP contribution in [0, 0.1) is 12.8 Å². The molecule has 2 heterocycles. The molecule has 0 unspecified atom stereocenters. The van der Waals surface area contributed by atoms with Crippen LogP contribution in [-0.2, 0) is 16.6 Å². The van der Waals surface area contributed by atoms with E-state index in [1.54, 1.807) is 60.6 Å². The number of fused-ring (bicyclic) bond motifs is 1. The molecule has 1 aromatic heterocycles. The summed E-state index contributed by atoms with van der Waals surface area (Å²) in [4.78, 5) is 21.7. The number of aryl methyl sites for hydroxylation is 1. The van der Waals surface area contributed by atoms with E-state index in [2.05, 4.69) is 14.6 Å². The number of hydrogen-bond donors (Lipinski definition) is 2. The summed E-state index contributed by atoms with van der Waals surface area (Å²) in [6, 6.07) is 14.8. The van der Waals surface area contributed by atoms with Crippen LogP contribution in [0.15, 0.2) is 71.9 Å². The summed E-state index contributed by atoms with van der Waals surface area (Å²) in [7, 11) is -1.84. The fraction of sp³-hybridized carbons (Fsp3) is 0.379. The van der Waals surface area contributed by atoms with E-state index in [9.17, 15) is 18.3 Å². The Bertz CT molecular complexity index is 1380. The SMILES string of the molecule is Cc1ccc(S(=O)(=O)Nc2ccc3c(c2)C(=O)N([C@H](C)CO)C[C@H](C)[C@H](CN(C)Cc2ccncc2)O3)cc1. The van der Waals surface area contributed by atoms with E-state index in [0.29, 0.717) is 25.4 Å². The molecule has 1 aliphatic rings. The number of carbonyl (C=O) groups excluding carboxylic acids is 1. The van der Waals surface area contributed by atoms with Gasteiger partial charge in [-0.25, -0.2) is 8.42 Å². The van der Waals surface area contributed by atoms with Crippen LogP contribution >= 0.6 is 0 Å². The predicted octanol–water partition coefficient (Wildman–Crippen LogP) is 3.54. The lowest BCUT2D eigenvalue weighted by Crippen LogP contribution is -2.49. The van der Waals surface area contributed by atoms with Gasteiger partial charge < -0.3 is 14.7 Å². The number of rotatable bonds is 9. The van der Waals surface area contributed by atoms with Gasteiger partial charge in [0.1, 0.15) is 11.9 Å². The minimum atomic E-state index is -3.86. The van der Waals surface area contributed by atoms with Crippen molar-refractivity contribution in [3.05, 3.63) is 83.7 Å². The van der Waals surface area contributed by atoms with Gasteiger partial charge >= 0.3 is 0 Å². The fourth-order valence-corrected chi connectivity index (χ4v) is 5.66. The Balaban J connectivity index is 1.63. The number of likely N-dealkylation sites (N-methyl/N-ethyl adjacent to an activating group) is 1. The number of aliphatic hydroxyl groups excluding tert-OH is 1. The van der Waals surface area contributed by atoms with Gasteiger partial charge in [-0.15, -0.1) is 0 Å². The molecule has 3 atom stereocenters. The Kier molecular flexibility index (Phi) is 8.89. The number of pyridine rings is 1. The third-order valence-corrected chi connectivity index (χ3v) is 8.34. The zero-order chi connectivity index (χ0) is 28.2. The second-order valence-electron chi connectivity index (χ2n) is 10.3. The molecule has 0 saturated carbocycles. The number of hydrogen-bond acceptors (Lipinski definition) is 7. The molecule has 1 amide bonds. The number of ether oxygens (including phenoxy) is 1. The van der Waals surface area contributed by atoms with E-state index in [0.717, 1.165) is 11.1 Å². The minimum absolute atomic E-state index is 0.0318. The molecule has 3 aromatic rings. The number of aromatic nitrogens is 1. The number of anilines is 1. The molecular weight excluding hydrogens is 516 g/mol. The first kappa shape index (κ1) is 28.5. The Hall–Kier alpha value is -3.47. The average molecular weight is 553 g/mol. The molecule has 9 nitrogen and oxygen atoms in total. The molecule has 10 heteroatoms. The van der Waals surface area contributed by atoms with Crippen LogP contribution < -0.4 is 9.46 Å². The molecule has 0 spiro atoms. The van der Waals surface area contributed by atoms with E-state index < -0.39 is 16.1 Å². The highest BCUT2D eigenvalue weighted by molar-refractivity contribution is 7.92. The lowest BCUT2D eigenvalue weighted by Gasteiger charge is -2.38. The Labute approximate surface area is 230 Å². The number of carbonyl (C=O) groups is 1. The van der Waals surface area contributed by atoms with Crippen LogP contribution in [0.25, 0.3) is 0 Å². The Morgan fingerprint density at radius 2 is 1.85 bits per heavy atom. The Morgan fingerprint density at radius 1 is 1.15 bits per heavy atom. The smallest absolute Gasteiger partial charge is 0.261 e. The normalized spacial score (nSPS) is 18.6. The predicted molar refractivity (Wildman–Crippen MR) is 150 cm³/mol. The van der Waals surface area contributed by atoms with Gasteiger partial charge in [0.05, 0.1) is 23.1 Å². The van der Waals surface area contributed by atoms with E-state index in [-0.39, 0.29) is 40.7 Å². The summed E-state index contributed by atoms with van der Waals surface area (Å²) in [6.07, 6.45) is 3.27. The van der Waals surface area contributed by atoms with Gasteiger partial charge in [-0.05, 0) is 68.9 Å². The third kappa shape index (κ3) is 6.95. The van der Waals surface area contributed by atoms with Gasteiger partial charge in [-0.3, -0.25) is 19.4 Å². The number of aliphatic hydroxyl groups is 1. The summed E-state index contributed by atoms with van der Waals surface area (Å²) >= 11 is 0. The highest BCUT2D eigenvalue weighted by Crippen LogP contribution is 2.31. The van der Waals surface area contributed by atoms with Gasteiger partial charge in [0, 0.05) is 43.6 Å². The standard InChI is InChI=1S/C29H36N4O5S/c1-20-5-8-25(9-6-20)39(36,37)31-24-7-10-27-26(15-24)29(35)33(22(3)19-34)16-21(2)28(38-27)18-32(4)17-23-11-13-30-14-12-23/h5-15,21-22,28,31,34H,16-19H2,1-4H3/t21-,22+,28-/m0/s1. The van der Waals surface area contributed by atoms with Crippen LogP contribution in [0.1, 0.15) is 35.3 Å². The maximum absolute atomic E-state index is 13.7. The van der Waals surface area contributed by atoms with E-state index >= 15 is 0 Å². The lowest BCUT2D eigenvalue weighted by molar-refractivity contribution is 0.0341. The van der Waals surface area contributed by atoms with Crippen molar-refractivity contribution in [1.29, 1.82) is 0 Å². The van der Waals surface area contributed by atoms with Crippen LogP contribution in [-0.4, -0.2) is 73.1 Å². The van der Waals surface area contributed by atoms with Crippen LogP contribution in [0.3, 0.4) is 0 Å². The largest absolute Gasteiger partial charge is 0.488 e. The van der Waals surface area contributed by atoms with Gasteiger partial charge in [-0.1, -0.05) is 24.6 Å². The summed E-state index contributed by atoms with van der Waals surface area (Å²) in [5.41, 5.74) is 2.57. The summed E-state index contributed by atoms with van der Waals surface area (Å²) in [5.74, 6) is 0.0244. The van der Waals surface area contributed by atoms with E-state index in [1.165, 1.54) is 6.07 Å². The van der Waals surface area contributed by atoms with Gasteiger partial charge in [0.2, 0.25) is 0 Å². The van der Waals surface area contributed by atoms with Gasteiger partial charge in [0.15, 0.2) is 0 Å². The van der Waals surface area contributed by atoms with E-state index in [4.69, 9.17) is 4.74 Å². The van der Waals surface area contributed by atoms with Crippen LogP contribution in [0.2, 0.25) is 0 Å². The first-order valence-electron chi connectivity index (χ1n) is 13.0. The zero-order valence-electron chi connectivity index (χ0n) is 22.7.